The highest BCUT2D eigenvalue weighted by atomic mass is 79.9. The Morgan fingerprint density at radius 3 is 2.45 bits per heavy atom. The van der Waals surface area contributed by atoms with Crippen LogP contribution in [0.5, 0.6) is 5.75 Å². The average molecular weight is 442 g/mol. The second-order valence-electron chi connectivity index (χ2n) is 3.66. The third-order valence-corrected chi connectivity index (χ3v) is 3.05. The first-order valence-electron chi connectivity index (χ1n) is 8.68. The van der Waals surface area contributed by atoms with Gasteiger partial charge in [0.2, 0.25) is 0 Å². The largest absolute Gasteiger partial charge is 0.493 e. The number of rotatable bonds is 3. The number of aromatic nitrogens is 3. The molecule has 22 heavy (non-hydrogen) atoms. The smallest absolute Gasteiger partial charge is 0.430 e. The molecule has 0 aliphatic heterocycles. The number of anilines is 2. The zero-order chi connectivity index (χ0) is 21.7. The van der Waals surface area contributed by atoms with E-state index in [1.807, 2.05) is 0 Å². The monoisotopic (exact) mass is 440 g/mol. The molecule has 120 valence electrons. The zero-order valence-corrected chi connectivity index (χ0v) is 14.9. The van der Waals surface area contributed by atoms with Gasteiger partial charge in [-0.15, -0.1) is 0 Å². The normalized spacial score (nSPS) is 14.7. The molecular formula is C13H18Br2N5O2+. The lowest BCUT2D eigenvalue weighted by molar-refractivity contribution is -0.877. The molecule has 7 nitrogen and oxygen atoms in total. The van der Waals surface area contributed by atoms with Crippen LogP contribution >= 0.6 is 31.9 Å². The third-order valence-electron chi connectivity index (χ3n) is 2.21. The maximum Gasteiger partial charge on any atom is 0.430 e. The molecule has 9 heteroatoms. The summed E-state index contributed by atoms with van der Waals surface area (Å²) < 4.78 is 51.0. The van der Waals surface area contributed by atoms with Gasteiger partial charge in [-0.25, -0.2) is 4.98 Å². The van der Waals surface area contributed by atoms with Crippen molar-refractivity contribution in [3.63, 3.8) is 0 Å². The van der Waals surface area contributed by atoms with Crippen LogP contribution in [0.1, 0.15) is 8.22 Å². The topological polar surface area (TPSA) is 77.4 Å². The predicted octanol–water partition coefficient (Wildman–Crippen LogP) is 1.69. The highest BCUT2D eigenvalue weighted by Crippen LogP contribution is 2.21. The summed E-state index contributed by atoms with van der Waals surface area (Å²) in [5.74, 6) is 0.667. The SMILES string of the molecule is COc1cc(Br)cnc1N.[2H]C([2H])([2H])N(c1ncc(Br)c[n+]1OC)C([2H])([2H])[2H]. The Hall–Kier alpha value is -1.61. The lowest BCUT2D eigenvalue weighted by Crippen LogP contribution is -2.45. The van der Waals surface area contributed by atoms with Gasteiger partial charge in [-0.05, 0) is 37.9 Å². The molecular weight excluding hydrogens is 418 g/mol. The lowest BCUT2D eigenvalue weighted by atomic mass is 10.4. The first-order chi connectivity index (χ1) is 12.8. The molecule has 0 saturated heterocycles. The van der Waals surface area contributed by atoms with Gasteiger partial charge in [0.1, 0.15) is 19.5 Å². The minimum Gasteiger partial charge on any atom is -0.493 e. The van der Waals surface area contributed by atoms with Gasteiger partial charge in [0.05, 0.1) is 33.8 Å². The molecule has 0 aromatic carbocycles. The summed E-state index contributed by atoms with van der Waals surface area (Å²) in [5, 5.41) is 0. The number of nitrogens with two attached hydrogens (primary N) is 1. The molecule has 0 bridgehead atoms. The molecule has 0 radical (unpaired) electrons. The van der Waals surface area contributed by atoms with E-state index in [4.69, 9.17) is 23.5 Å². The van der Waals surface area contributed by atoms with Gasteiger partial charge in [-0.2, -0.15) is 0 Å². The van der Waals surface area contributed by atoms with Crippen molar-refractivity contribution >= 4 is 43.6 Å². The fourth-order valence-electron chi connectivity index (χ4n) is 1.26. The van der Waals surface area contributed by atoms with Crippen LogP contribution in [0.3, 0.4) is 0 Å². The Kier molecular flexibility index (Phi) is 4.37. The maximum atomic E-state index is 7.29. The zero-order valence-electron chi connectivity index (χ0n) is 17.7. The summed E-state index contributed by atoms with van der Waals surface area (Å²) in [6.45, 7) is -5.74. The third kappa shape index (κ3) is 5.30. The molecule has 2 rings (SSSR count). The Labute approximate surface area is 154 Å². The Bertz CT molecular complexity index is 792. The van der Waals surface area contributed by atoms with Crippen molar-refractivity contribution in [1.82, 2.24) is 9.97 Å². The highest BCUT2D eigenvalue weighted by molar-refractivity contribution is 9.10. The van der Waals surface area contributed by atoms with Crippen LogP contribution in [0.2, 0.25) is 0 Å². The van der Waals surface area contributed by atoms with Gasteiger partial charge in [0, 0.05) is 10.7 Å². The van der Waals surface area contributed by atoms with E-state index < -0.39 is 14.0 Å². The summed E-state index contributed by atoms with van der Waals surface area (Å²) in [6.07, 6.45) is 4.28. The summed E-state index contributed by atoms with van der Waals surface area (Å²) in [6, 6.07) is 1.77. The first-order valence-corrected chi connectivity index (χ1v) is 7.27. The van der Waals surface area contributed by atoms with Gasteiger partial charge in [-0.1, -0.05) is 9.71 Å². The Morgan fingerprint density at radius 1 is 1.23 bits per heavy atom. The Morgan fingerprint density at radius 2 is 1.91 bits per heavy atom. The quantitative estimate of drug-likeness (QED) is 0.730. The second-order valence-corrected chi connectivity index (χ2v) is 5.49. The van der Waals surface area contributed by atoms with Crippen molar-refractivity contribution in [3.05, 3.63) is 33.6 Å². The predicted molar refractivity (Wildman–Crippen MR) is 91.9 cm³/mol. The Balaban J connectivity index is 0.000000330. The number of nitrogen functional groups attached to an aromatic ring is 1. The summed E-state index contributed by atoms with van der Waals surface area (Å²) in [7, 11) is 2.83. The van der Waals surface area contributed by atoms with Crippen molar-refractivity contribution in [3.8, 4) is 5.75 Å². The van der Waals surface area contributed by atoms with E-state index in [0.29, 0.717) is 16.0 Å². The van der Waals surface area contributed by atoms with E-state index in [2.05, 4.69) is 41.8 Å². The molecule has 0 saturated carbocycles. The number of hydrogen-bond donors (Lipinski definition) is 1. The molecule has 0 aliphatic rings. The van der Waals surface area contributed by atoms with Crippen LogP contribution in [0, 0.1) is 0 Å². The lowest BCUT2D eigenvalue weighted by Gasteiger charge is -2.06. The standard InChI is InChI=1S/C7H11BrN3O.C6H7BrN2O/c1-10(2)7-9-4-6(8)5-11(7)12-3;1-10-5-2-4(7)3-9-6(5)8/h4-5H,1-3H3;2-3H,1H3,(H2,8,9)/q+1;/i1D3,2D3;. The second kappa shape index (κ2) is 8.74. The number of nitrogens with zero attached hydrogens (tertiary/aromatic N) is 4. The van der Waals surface area contributed by atoms with Crippen molar-refractivity contribution < 1.29 is 22.5 Å². The first kappa shape index (κ1) is 11.0. The average Bonchev–Trinajstić information content (AvgIpc) is 2.56. The van der Waals surface area contributed by atoms with Gasteiger partial charge in [-0.3, -0.25) is 4.90 Å². The van der Waals surface area contributed by atoms with Gasteiger partial charge in [0.15, 0.2) is 11.6 Å². The van der Waals surface area contributed by atoms with Crippen LogP contribution < -0.4 is 24.9 Å². The highest BCUT2D eigenvalue weighted by Gasteiger charge is 2.14. The van der Waals surface area contributed by atoms with E-state index in [9.17, 15) is 0 Å². The van der Waals surface area contributed by atoms with Crippen LogP contribution in [0.4, 0.5) is 11.8 Å². The molecule has 0 atom stereocenters. The molecule has 2 heterocycles. The molecule has 0 aliphatic carbocycles. The molecule has 0 amide bonds. The number of methoxy groups -OCH3 is 1. The maximum absolute atomic E-state index is 7.29. The molecule has 0 fully saturated rings. The van der Waals surface area contributed by atoms with Crippen LogP contribution in [-0.2, 0) is 0 Å². The van der Waals surface area contributed by atoms with E-state index >= 15 is 0 Å². The van der Waals surface area contributed by atoms with Crippen molar-refractivity contribution in [2.24, 2.45) is 0 Å². The summed E-state index contributed by atoms with van der Waals surface area (Å²) in [4.78, 5) is 12.8. The fourth-order valence-corrected chi connectivity index (χ4v) is 1.86. The minimum absolute atomic E-state index is 0.246. The van der Waals surface area contributed by atoms with Gasteiger partial charge >= 0.3 is 5.95 Å². The van der Waals surface area contributed by atoms with E-state index in [-0.39, 0.29) is 10.8 Å². The number of ether oxygens (including phenoxy) is 1. The van der Waals surface area contributed by atoms with E-state index in [0.717, 1.165) is 9.20 Å². The molecule has 0 unspecified atom stereocenters. The molecule has 2 aromatic heterocycles. The molecule has 2 aromatic rings. The van der Waals surface area contributed by atoms with Gasteiger partial charge in [0.25, 0.3) is 0 Å². The van der Waals surface area contributed by atoms with Crippen LogP contribution in [0.25, 0.3) is 0 Å². The van der Waals surface area contributed by atoms with Crippen LogP contribution in [-0.4, -0.2) is 38.1 Å². The van der Waals surface area contributed by atoms with E-state index in [1.54, 1.807) is 19.4 Å². The van der Waals surface area contributed by atoms with Crippen molar-refractivity contribution in [2.75, 3.05) is 38.8 Å². The number of halogens is 2. The molecule has 0 spiro atoms. The van der Waals surface area contributed by atoms with E-state index in [1.165, 1.54) is 19.5 Å². The van der Waals surface area contributed by atoms with Crippen molar-refractivity contribution in [2.45, 2.75) is 0 Å². The van der Waals surface area contributed by atoms with Crippen LogP contribution in [0.15, 0.2) is 33.6 Å². The minimum atomic E-state index is -2.87. The van der Waals surface area contributed by atoms with Crippen molar-refractivity contribution in [1.29, 1.82) is 0 Å². The summed E-state index contributed by atoms with van der Waals surface area (Å²) in [5.41, 5.74) is 5.44. The van der Waals surface area contributed by atoms with Gasteiger partial charge < -0.3 is 15.3 Å². The summed E-state index contributed by atoms with van der Waals surface area (Å²) >= 11 is 6.36. The number of pyridine rings is 1. The fraction of sp³-hybridized carbons (Fsp3) is 0.308. The number of hydrogen-bond acceptors (Lipinski definition) is 6. The molecule has 2 N–H and O–H groups in total.